The molecular formula is C17H18FNO3. The third-order valence-electron chi connectivity index (χ3n) is 3.04. The number of benzene rings is 2. The van der Waals surface area contributed by atoms with E-state index < -0.39 is 5.82 Å². The Morgan fingerprint density at radius 3 is 2.55 bits per heavy atom. The van der Waals surface area contributed by atoms with E-state index in [-0.39, 0.29) is 24.7 Å². The van der Waals surface area contributed by atoms with Crippen LogP contribution in [-0.2, 0) is 11.2 Å². The third-order valence-corrected chi connectivity index (χ3v) is 3.04. The van der Waals surface area contributed by atoms with Gasteiger partial charge in [-0.25, -0.2) is 4.39 Å². The second kappa shape index (κ2) is 8.02. The van der Waals surface area contributed by atoms with Crippen LogP contribution in [0.25, 0.3) is 0 Å². The first-order valence-electron chi connectivity index (χ1n) is 6.96. The first-order chi connectivity index (χ1) is 10.7. The van der Waals surface area contributed by atoms with E-state index in [2.05, 4.69) is 5.32 Å². The van der Waals surface area contributed by atoms with E-state index in [0.717, 1.165) is 11.3 Å². The van der Waals surface area contributed by atoms with Crippen LogP contribution in [0, 0.1) is 5.82 Å². The van der Waals surface area contributed by atoms with Crippen LogP contribution in [-0.4, -0.2) is 26.2 Å². The molecule has 0 radical (unpaired) electrons. The number of nitrogens with one attached hydrogen (secondary N) is 1. The fourth-order valence-corrected chi connectivity index (χ4v) is 1.90. The Morgan fingerprint density at radius 2 is 1.86 bits per heavy atom. The average Bonchev–Trinajstić information content (AvgIpc) is 2.54. The zero-order valence-electron chi connectivity index (χ0n) is 12.3. The van der Waals surface area contributed by atoms with Gasteiger partial charge < -0.3 is 14.8 Å². The highest BCUT2D eigenvalue weighted by Gasteiger charge is 2.04. The van der Waals surface area contributed by atoms with E-state index in [1.165, 1.54) is 6.07 Å². The SMILES string of the molecule is COc1ccc(CC(=O)NCCOc2ccccc2F)cc1. The van der Waals surface area contributed by atoms with Gasteiger partial charge in [-0.1, -0.05) is 24.3 Å². The number of hydrogen-bond acceptors (Lipinski definition) is 3. The summed E-state index contributed by atoms with van der Waals surface area (Å²) in [6.45, 7) is 0.540. The molecule has 2 aromatic rings. The molecule has 2 aromatic carbocycles. The molecular weight excluding hydrogens is 285 g/mol. The highest BCUT2D eigenvalue weighted by molar-refractivity contribution is 5.78. The summed E-state index contributed by atoms with van der Waals surface area (Å²) in [6.07, 6.45) is 0.281. The molecule has 1 N–H and O–H groups in total. The lowest BCUT2D eigenvalue weighted by atomic mass is 10.1. The van der Waals surface area contributed by atoms with Gasteiger partial charge in [0.2, 0.25) is 5.91 Å². The van der Waals surface area contributed by atoms with E-state index in [0.29, 0.717) is 6.54 Å². The van der Waals surface area contributed by atoms with Crippen LogP contribution >= 0.6 is 0 Å². The molecule has 0 aliphatic rings. The Balaban J connectivity index is 1.70. The molecule has 0 aliphatic heterocycles. The minimum Gasteiger partial charge on any atom is -0.497 e. The molecule has 0 atom stereocenters. The Hall–Kier alpha value is -2.56. The van der Waals surface area contributed by atoms with E-state index in [9.17, 15) is 9.18 Å². The van der Waals surface area contributed by atoms with Crippen LogP contribution in [0.1, 0.15) is 5.56 Å². The van der Waals surface area contributed by atoms with Crippen molar-refractivity contribution in [1.82, 2.24) is 5.32 Å². The highest BCUT2D eigenvalue weighted by Crippen LogP contribution is 2.14. The van der Waals surface area contributed by atoms with Gasteiger partial charge in [0, 0.05) is 0 Å². The number of amides is 1. The molecule has 22 heavy (non-hydrogen) atoms. The van der Waals surface area contributed by atoms with Crippen molar-refractivity contribution < 1.29 is 18.7 Å². The van der Waals surface area contributed by atoms with Crippen molar-refractivity contribution in [1.29, 1.82) is 0 Å². The molecule has 0 aliphatic carbocycles. The number of ether oxygens (including phenoxy) is 2. The summed E-state index contributed by atoms with van der Waals surface area (Å²) in [5, 5.41) is 2.73. The van der Waals surface area contributed by atoms with Gasteiger partial charge in [-0.15, -0.1) is 0 Å². The Kier molecular flexibility index (Phi) is 5.77. The second-order valence-corrected chi connectivity index (χ2v) is 4.65. The maximum Gasteiger partial charge on any atom is 0.224 e. The van der Waals surface area contributed by atoms with E-state index >= 15 is 0 Å². The largest absolute Gasteiger partial charge is 0.497 e. The molecule has 0 saturated heterocycles. The van der Waals surface area contributed by atoms with E-state index in [1.807, 2.05) is 24.3 Å². The zero-order valence-corrected chi connectivity index (χ0v) is 12.3. The number of halogens is 1. The van der Waals surface area contributed by atoms with E-state index in [1.54, 1.807) is 25.3 Å². The molecule has 0 saturated carbocycles. The van der Waals surface area contributed by atoms with Crippen molar-refractivity contribution in [2.24, 2.45) is 0 Å². The molecule has 4 nitrogen and oxygen atoms in total. The summed E-state index contributed by atoms with van der Waals surface area (Å²) in [5.74, 6) is 0.420. The minimum absolute atomic E-state index is 0.109. The molecule has 0 heterocycles. The smallest absolute Gasteiger partial charge is 0.224 e. The first-order valence-corrected chi connectivity index (χ1v) is 6.96. The van der Waals surface area contributed by atoms with Gasteiger partial charge in [-0.2, -0.15) is 0 Å². The monoisotopic (exact) mass is 303 g/mol. The zero-order chi connectivity index (χ0) is 15.8. The van der Waals surface area contributed by atoms with Gasteiger partial charge in [-0.3, -0.25) is 4.79 Å². The topological polar surface area (TPSA) is 47.6 Å². The summed E-state index contributed by atoms with van der Waals surface area (Å²) >= 11 is 0. The third kappa shape index (κ3) is 4.77. The Morgan fingerprint density at radius 1 is 1.14 bits per heavy atom. The van der Waals surface area contributed by atoms with Crippen LogP contribution in [0.5, 0.6) is 11.5 Å². The lowest BCUT2D eigenvalue weighted by Gasteiger charge is -2.08. The van der Waals surface area contributed by atoms with Gasteiger partial charge in [0.1, 0.15) is 12.4 Å². The summed E-state index contributed by atoms with van der Waals surface area (Å²) in [7, 11) is 1.59. The minimum atomic E-state index is -0.410. The lowest BCUT2D eigenvalue weighted by molar-refractivity contribution is -0.120. The summed E-state index contributed by atoms with van der Waals surface area (Å²) in [5.41, 5.74) is 0.897. The van der Waals surface area contributed by atoms with Crippen molar-refractivity contribution in [3.63, 3.8) is 0 Å². The van der Waals surface area contributed by atoms with Crippen LogP contribution in [0.15, 0.2) is 48.5 Å². The molecule has 0 aromatic heterocycles. The Labute approximate surface area is 128 Å². The van der Waals surface area contributed by atoms with Crippen molar-refractivity contribution in [2.75, 3.05) is 20.3 Å². The van der Waals surface area contributed by atoms with Gasteiger partial charge in [0.25, 0.3) is 0 Å². The molecule has 1 amide bonds. The summed E-state index contributed by atoms with van der Waals surface area (Å²) in [4.78, 5) is 11.8. The van der Waals surface area contributed by atoms with Gasteiger partial charge in [0.05, 0.1) is 20.1 Å². The van der Waals surface area contributed by atoms with Crippen LogP contribution in [0.2, 0.25) is 0 Å². The number of rotatable bonds is 7. The summed E-state index contributed by atoms with van der Waals surface area (Å²) in [6, 6.07) is 13.5. The quantitative estimate of drug-likeness (QED) is 0.800. The average molecular weight is 303 g/mol. The predicted octanol–water partition coefficient (Wildman–Crippen LogP) is 2.57. The molecule has 5 heteroatoms. The Bertz CT molecular complexity index is 614. The number of methoxy groups -OCH3 is 1. The van der Waals surface area contributed by atoms with Crippen molar-refractivity contribution in [3.05, 3.63) is 59.9 Å². The van der Waals surface area contributed by atoms with Crippen LogP contribution in [0.3, 0.4) is 0 Å². The van der Waals surface area contributed by atoms with Gasteiger partial charge >= 0.3 is 0 Å². The molecule has 0 fully saturated rings. The fourth-order valence-electron chi connectivity index (χ4n) is 1.90. The molecule has 116 valence electrons. The lowest BCUT2D eigenvalue weighted by Crippen LogP contribution is -2.29. The maximum absolute atomic E-state index is 13.3. The van der Waals surface area contributed by atoms with Crippen molar-refractivity contribution in [2.45, 2.75) is 6.42 Å². The van der Waals surface area contributed by atoms with Crippen molar-refractivity contribution in [3.8, 4) is 11.5 Å². The van der Waals surface area contributed by atoms with E-state index in [4.69, 9.17) is 9.47 Å². The molecule has 2 rings (SSSR count). The molecule has 0 unspecified atom stereocenters. The first kappa shape index (κ1) is 15.8. The normalized spacial score (nSPS) is 10.1. The van der Waals surface area contributed by atoms with Crippen molar-refractivity contribution >= 4 is 5.91 Å². The molecule has 0 spiro atoms. The predicted molar refractivity (Wildman–Crippen MR) is 81.6 cm³/mol. The number of hydrogen-bond donors (Lipinski definition) is 1. The van der Waals surface area contributed by atoms with Crippen LogP contribution < -0.4 is 14.8 Å². The summed E-state index contributed by atoms with van der Waals surface area (Å²) < 4.78 is 23.6. The number of para-hydroxylation sites is 1. The highest BCUT2D eigenvalue weighted by atomic mass is 19.1. The number of carbonyl (C=O) groups excluding carboxylic acids is 1. The van der Waals surface area contributed by atoms with Gasteiger partial charge in [0.15, 0.2) is 11.6 Å². The fraction of sp³-hybridized carbons (Fsp3) is 0.235. The van der Waals surface area contributed by atoms with Gasteiger partial charge in [-0.05, 0) is 29.8 Å². The number of carbonyl (C=O) groups is 1. The maximum atomic E-state index is 13.3. The standard InChI is InChI=1S/C17H18FNO3/c1-21-14-8-6-13(7-9-14)12-17(20)19-10-11-22-16-5-3-2-4-15(16)18/h2-9H,10-12H2,1H3,(H,19,20). The molecule has 0 bridgehead atoms. The van der Waals surface area contributed by atoms with Crippen LogP contribution in [0.4, 0.5) is 4.39 Å². The second-order valence-electron chi connectivity index (χ2n) is 4.65.